The Kier molecular flexibility index (Phi) is 5.58. The van der Waals surface area contributed by atoms with Gasteiger partial charge < -0.3 is 20.1 Å². The number of nitrogens with one attached hydrogen (secondary N) is 1. The Morgan fingerprint density at radius 1 is 1.28 bits per heavy atom. The number of likely N-dealkylation sites (tertiary alicyclic amines) is 1. The minimum absolute atomic E-state index is 0.0511. The zero-order chi connectivity index (χ0) is 17.7. The van der Waals surface area contributed by atoms with E-state index >= 15 is 0 Å². The maximum atomic E-state index is 12.5. The summed E-state index contributed by atoms with van der Waals surface area (Å²) >= 11 is 0. The van der Waals surface area contributed by atoms with Crippen LogP contribution in [0.4, 0.5) is 4.79 Å². The number of carboxylic acids is 1. The number of carbonyl (C=O) groups excluding carboxylic acids is 1. The van der Waals surface area contributed by atoms with Crippen molar-refractivity contribution in [1.82, 2.24) is 10.2 Å². The van der Waals surface area contributed by atoms with Crippen molar-refractivity contribution in [2.45, 2.75) is 38.1 Å². The van der Waals surface area contributed by atoms with E-state index in [1.165, 1.54) is 0 Å². The minimum atomic E-state index is -0.838. The van der Waals surface area contributed by atoms with Crippen molar-refractivity contribution < 1.29 is 19.4 Å². The van der Waals surface area contributed by atoms with Crippen molar-refractivity contribution in [2.75, 3.05) is 26.3 Å². The molecule has 0 saturated carbocycles. The third-order valence-electron chi connectivity index (χ3n) is 5.10. The van der Waals surface area contributed by atoms with Crippen LogP contribution in [0.25, 0.3) is 0 Å². The molecule has 25 heavy (non-hydrogen) atoms. The van der Waals surface area contributed by atoms with Crippen LogP contribution in [-0.4, -0.2) is 54.4 Å². The van der Waals surface area contributed by atoms with E-state index in [1.54, 1.807) is 0 Å². The molecule has 2 fully saturated rings. The fraction of sp³-hybridized carbons (Fsp3) is 0.579. The SMILES string of the molecule is O=C(O)CCC(Cc1ccccc1)NC(=O)N1CC2(CCCOC2)C1. The number of carboxylic acid groups (broad SMARTS) is 1. The Hall–Kier alpha value is -2.08. The molecule has 0 bridgehead atoms. The highest BCUT2D eigenvalue weighted by atomic mass is 16.5. The van der Waals surface area contributed by atoms with Crippen LogP contribution >= 0.6 is 0 Å². The van der Waals surface area contributed by atoms with E-state index in [0.717, 1.165) is 44.7 Å². The maximum absolute atomic E-state index is 12.5. The van der Waals surface area contributed by atoms with E-state index in [0.29, 0.717) is 12.8 Å². The molecule has 1 atom stereocenters. The van der Waals surface area contributed by atoms with Gasteiger partial charge in [0.05, 0.1) is 6.61 Å². The molecule has 2 aliphatic heterocycles. The van der Waals surface area contributed by atoms with E-state index in [2.05, 4.69) is 5.32 Å². The van der Waals surface area contributed by atoms with Crippen molar-refractivity contribution in [1.29, 1.82) is 0 Å². The molecule has 1 aromatic carbocycles. The second-order valence-corrected chi connectivity index (χ2v) is 7.28. The molecule has 1 spiro atoms. The van der Waals surface area contributed by atoms with Gasteiger partial charge in [-0.1, -0.05) is 30.3 Å². The molecule has 0 aliphatic carbocycles. The van der Waals surface area contributed by atoms with Crippen LogP contribution in [0.1, 0.15) is 31.2 Å². The number of carbonyl (C=O) groups is 2. The first-order valence-electron chi connectivity index (χ1n) is 8.95. The number of aliphatic carboxylic acids is 1. The van der Waals surface area contributed by atoms with E-state index in [4.69, 9.17) is 9.84 Å². The first-order valence-corrected chi connectivity index (χ1v) is 8.95. The minimum Gasteiger partial charge on any atom is -0.481 e. The molecule has 2 N–H and O–H groups in total. The van der Waals surface area contributed by atoms with Crippen molar-refractivity contribution >= 4 is 12.0 Å². The van der Waals surface area contributed by atoms with Crippen LogP contribution < -0.4 is 5.32 Å². The first kappa shape index (κ1) is 17.7. The number of rotatable bonds is 6. The number of amides is 2. The second kappa shape index (κ2) is 7.87. The zero-order valence-electron chi connectivity index (χ0n) is 14.4. The van der Waals surface area contributed by atoms with Crippen molar-refractivity contribution in [3.8, 4) is 0 Å². The number of ether oxygens (including phenoxy) is 1. The van der Waals surface area contributed by atoms with Gasteiger partial charge in [-0.2, -0.15) is 0 Å². The lowest BCUT2D eigenvalue weighted by Gasteiger charge is -2.51. The summed E-state index contributed by atoms with van der Waals surface area (Å²) in [7, 11) is 0. The molecule has 3 rings (SSSR count). The lowest BCUT2D eigenvalue weighted by atomic mass is 9.76. The Balaban J connectivity index is 1.54. The predicted molar refractivity (Wildman–Crippen MR) is 93.4 cm³/mol. The Morgan fingerprint density at radius 3 is 2.68 bits per heavy atom. The molecule has 2 saturated heterocycles. The molecule has 6 heteroatoms. The summed E-state index contributed by atoms with van der Waals surface area (Å²) in [5.74, 6) is -0.838. The summed E-state index contributed by atoms with van der Waals surface area (Å²) < 4.78 is 5.56. The Bertz CT molecular complexity index is 591. The van der Waals surface area contributed by atoms with Gasteiger partial charge in [0.1, 0.15) is 0 Å². The van der Waals surface area contributed by atoms with Gasteiger partial charge in [0.15, 0.2) is 0 Å². The maximum Gasteiger partial charge on any atom is 0.317 e. The van der Waals surface area contributed by atoms with Crippen molar-refractivity contribution in [2.24, 2.45) is 5.41 Å². The smallest absolute Gasteiger partial charge is 0.317 e. The lowest BCUT2D eigenvalue weighted by molar-refractivity contribution is -0.137. The molecule has 0 aromatic heterocycles. The van der Waals surface area contributed by atoms with Crippen LogP contribution in [0.3, 0.4) is 0 Å². The Morgan fingerprint density at radius 2 is 2.04 bits per heavy atom. The summed E-state index contributed by atoms with van der Waals surface area (Å²) in [4.78, 5) is 25.2. The summed E-state index contributed by atoms with van der Waals surface area (Å²) in [5.41, 5.74) is 1.24. The number of hydrogen-bond acceptors (Lipinski definition) is 3. The monoisotopic (exact) mass is 346 g/mol. The second-order valence-electron chi connectivity index (χ2n) is 7.28. The van der Waals surface area contributed by atoms with Crippen molar-refractivity contribution in [3.05, 3.63) is 35.9 Å². The predicted octanol–water partition coefficient (Wildman–Crippen LogP) is 2.28. The third-order valence-corrected chi connectivity index (χ3v) is 5.10. The van der Waals surface area contributed by atoms with Crippen LogP contribution in [0.2, 0.25) is 0 Å². The number of nitrogens with zero attached hydrogens (tertiary/aromatic N) is 1. The standard InChI is InChI=1S/C19H26N2O4/c22-17(23)8-7-16(11-15-5-2-1-3-6-15)20-18(24)21-12-19(13-21)9-4-10-25-14-19/h1-3,5-6,16H,4,7-14H2,(H,20,24)(H,22,23). The molecular formula is C19H26N2O4. The fourth-order valence-corrected chi connectivity index (χ4v) is 3.75. The number of benzene rings is 1. The van der Waals surface area contributed by atoms with Gasteiger partial charge in [-0.25, -0.2) is 4.79 Å². The fourth-order valence-electron chi connectivity index (χ4n) is 3.75. The third kappa shape index (κ3) is 4.72. The molecule has 2 heterocycles. The van der Waals surface area contributed by atoms with Gasteiger partial charge in [0.2, 0.25) is 0 Å². The van der Waals surface area contributed by atoms with Gasteiger partial charge in [-0.15, -0.1) is 0 Å². The highest BCUT2D eigenvalue weighted by molar-refractivity contribution is 5.76. The quantitative estimate of drug-likeness (QED) is 0.828. The largest absolute Gasteiger partial charge is 0.481 e. The molecule has 1 unspecified atom stereocenters. The number of urea groups is 1. The highest BCUT2D eigenvalue weighted by Gasteiger charge is 2.46. The summed E-state index contributed by atoms with van der Waals surface area (Å²) in [6.45, 7) is 3.02. The molecule has 2 amide bonds. The summed E-state index contributed by atoms with van der Waals surface area (Å²) in [5, 5.41) is 12.0. The van der Waals surface area contributed by atoms with Gasteiger partial charge in [-0.05, 0) is 31.2 Å². The molecule has 6 nitrogen and oxygen atoms in total. The first-order chi connectivity index (χ1) is 12.1. The average molecular weight is 346 g/mol. The van der Waals surface area contributed by atoms with E-state index in [1.807, 2.05) is 35.2 Å². The molecule has 1 aromatic rings. The van der Waals surface area contributed by atoms with Gasteiger partial charge in [-0.3, -0.25) is 4.79 Å². The molecule has 0 radical (unpaired) electrons. The van der Waals surface area contributed by atoms with Gasteiger partial charge >= 0.3 is 12.0 Å². The average Bonchev–Trinajstić information content (AvgIpc) is 2.59. The van der Waals surface area contributed by atoms with Crippen LogP contribution in [0, 0.1) is 5.41 Å². The lowest BCUT2D eigenvalue weighted by Crippen LogP contribution is -2.64. The van der Waals surface area contributed by atoms with Crippen LogP contribution in [-0.2, 0) is 16.0 Å². The normalized spacial score (nSPS) is 19.9. The van der Waals surface area contributed by atoms with Gasteiger partial charge in [0, 0.05) is 37.6 Å². The topological polar surface area (TPSA) is 78.9 Å². The Labute approximate surface area is 148 Å². The van der Waals surface area contributed by atoms with Gasteiger partial charge in [0.25, 0.3) is 0 Å². The van der Waals surface area contributed by atoms with Crippen LogP contribution in [0.5, 0.6) is 0 Å². The van der Waals surface area contributed by atoms with Crippen LogP contribution in [0.15, 0.2) is 30.3 Å². The highest BCUT2D eigenvalue weighted by Crippen LogP contribution is 2.37. The van der Waals surface area contributed by atoms with Crippen molar-refractivity contribution in [3.63, 3.8) is 0 Å². The van der Waals surface area contributed by atoms with E-state index in [9.17, 15) is 9.59 Å². The zero-order valence-corrected chi connectivity index (χ0v) is 14.4. The summed E-state index contributed by atoms with van der Waals surface area (Å²) in [6.07, 6.45) is 3.30. The molecule has 2 aliphatic rings. The van der Waals surface area contributed by atoms with E-state index in [-0.39, 0.29) is 23.9 Å². The summed E-state index contributed by atoms with van der Waals surface area (Å²) in [6, 6.07) is 9.57. The molecular weight excluding hydrogens is 320 g/mol. The van der Waals surface area contributed by atoms with E-state index < -0.39 is 5.97 Å². The molecule has 136 valence electrons. The number of hydrogen-bond donors (Lipinski definition) is 2.